The summed E-state index contributed by atoms with van der Waals surface area (Å²) in [6.07, 6.45) is 0. The first-order chi connectivity index (χ1) is 5.17. The SMILES string of the molecule is NC1(S)Nc2ccccc2N1. The molecule has 1 aromatic rings. The van der Waals surface area contributed by atoms with Gasteiger partial charge in [-0.1, -0.05) is 12.1 Å². The Kier molecular flexibility index (Phi) is 1.27. The summed E-state index contributed by atoms with van der Waals surface area (Å²) in [6.45, 7) is 0. The predicted molar refractivity (Wildman–Crippen MR) is 49.6 cm³/mol. The molecule has 4 heteroatoms. The van der Waals surface area contributed by atoms with Crippen LogP contribution >= 0.6 is 12.6 Å². The van der Waals surface area contributed by atoms with Crippen molar-refractivity contribution < 1.29 is 0 Å². The molecule has 1 aliphatic rings. The van der Waals surface area contributed by atoms with E-state index >= 15 is 0 Å². The van der Waals surface area contributed by atoms with Gasteiger partial charge in [0.2, 0.25) is 5.12 Å². The van der Waals surface area contributed by atoms with Gasteiger partial charge in [0.15, 0.2) is 0 Å². The third kappa shape index (κ3) is 1.15. The van der Waals surface area contributed by atoms with Crippen LogP contribution in [-0.4, -0.2) is 5.12 Å². The second-order valence-electron chi connectivity index (χ2n) is 2.56. The van der Waals surface area contributed by atoms with Gasteiger partial charge in [-0.25, -0.2) is 0 Å². The molecule has 1 aliphatic heterocycles. The Morgan fingerprint density at radius 3 is 2.09 bits per heavy atom. The third-order valence-electron chi connectivity index (χ3n) is 1.58. The maximum Gasteiger partial charge on any atom is 0.209 e. The van der Waals surface area contributed by atoms with Gasteiger partial charge in [0.05, 0.1) is 11.4 Å². The van der Waals surface area contributed by atoms with Gasteiger partial charge in [-0.2, -0.15) is 0 Å². The molecule has 0 atom stereocenters. The molecular weight excluding hydrogens is 158 g/mol. The van der Waals surface area contributed by atoms with Gasteiger partial charge in [-0.3, -0.25) is 5.73 Å². The lowest BCUT2D eigenvalue weighted by Crippen LogP contribution is -2.45. The van der Waals surface area contributed by atoms with Crippen molar-refractivity contribution in [2.45, 2.75) is 5.12 Å². The summed E-state index contributed by atoms with van der Waals surface area (Å²) < 4.78 is 0. The Hall–Kier alpha value is -0.870. The minimum absolute atomic E-state index is 0.802. The molecule has 1 heterocycles. The van der Waals surface area contributed by atoms with Gasteiger partial charge in [-0.05, 0) is 12.1 Å². The Bertz CT molecular complexity index is 258. The monoisotopic (exact) mass is 167 g/mol. The van der Waals surface area contributed by atoms with Gasteiger partial charge in [-0.15, -0.1) is 12.6 Å². The van der Waals surface area contributed by atoms with E-state index in [1.54, 1.807) is 0 Å². The number of benzene rings is 1. The Labute approximate surface area is 70.4 Å². The number of nitrogens with one attached hydrogen (secondary N) is 2. The molecule has 3 nitrogen and oxygen atoms in total. The molecule has 0 aliphatic carbocycles. The van der Waals surface area contributed by atoms with Crippen LogP contribution in [-0.2, 0) is 0 Å². The zero-order valence-electron chi connectivity index (χ0n) is 5.83. The van der Waals surface area contributed by atoms with Crippen LogP contribution in [0.15, 0.2) is 24.3 Å². The van der Waals surface area contributed by atoms with Gasteiger partial charge < -0.3 is 10.6 Å². The molecule has 58 valence electrons. The average molecular weight is 167 g/mol. The van der Waals surface area contributed by atoms with Crippen molar-refractivity contribution in [1.82, 2.24) is 0 Å². The lowest BCUT2D eigenvalue weighted by molar-refractivity contribution is 0.833. The Balaban J connectivity index is 2.41. The molecule has 0 spiro atoms. The van der Waals surface area contributed by atoms with E-state index in [9.17, 15) is 0 Å². The standard InChI is InChI=1S/C7H9N3S/c8-7(11)9-5-3-1-2-4-6(5)10-7/h1-4,9-11H,8H2. The van der Waals surface area contributed by atoms with Crippen molar-refractivity contribution in [2.24, 2.45) is 5.73 Å². The maximum absolute atomic E-state index is 5.67. The maximum atomic E-state index is 5.67. The first-order valence-electron chi connectivity index (χ1n) is 3.34. The molecular formula is C7H9N3S. The van der Waals surface area contributed by atoms with Gasteiger partial charge >= 0.3 is 0 Å². The molecule has 0 bridgehead atoms. The van der Waals surface area contributed by atoms with Crippen LogP contribution in [0, 0.1) is 0 Å². The number of para-hydroxylation sites is 2. The highest BCUT2D eigenvalue weighted by molar-refractivity contribution is 7.82. The number of anilines is 2. The first kappa shape index (κ1) is 6.82. The van der Waals surface area contributed by atoms with Gasteiger partial charge in [0.1, 0.15) is 0 Å². The van der Waals surface area contributed by atoms with Crippen molar-refractivity contribution >= 4 is 24.0 Å². The normalized spacial score (nSPS) is 18.4. The van der Waals surface area contributed by atoms with Gasteiger partial charge in [0, 0.05) is 0 Å². The molecule has 11 heavy (non-hydrogen) atoms. The summed E-state index contributed by atoms with van der Waals surface area (Å²) in [5, 5.41) is 5.21. The summed E-state index contributed by atoms with van der Waals surface area (Å²) >= 11 is 4.15. The summed E-state index contributed by atoms with van der Waals surface area (Å²) in [4.78, 5) is 0. The molecule has 0 saturated heterocycles. The molecule has 1 aromatic carbocycles. The second-order valence-corrected chi connectivity index (χ2v) is 3.27. The molecule has 2 rings (SSSR count). The molecule has 0 saturated carbocycles. The highest BCUT2D eigenvalue weighted by atomic mass is 32.1. The summed E-state index contributed by atoms with van der Waals surface area (Å²) in [6, 6.07) is 7.80. The van der Waals surface area contributed by atoms with E-state index in [1.807, 2.05) is 24.3 Å². The predicted octanol–water partition coefficient (Wildman–Crippen LogP) is 1.02. The van der Waals surface area contributed by atoms with Crippen molar-refractivity contribution in [1.29, 1.82) is 0 Å². The van der Waals surface area contributed by atoms with Crippen LogP contribution in [0.3, 0.4) is 0 Å². The molecule has 0 amide bonds. The Morgan fingerprint density at radius 1 is 1.18 bits per heavy atom. The Morgan fingerprint density at radius 2 is 1.64 bits per heavy atom. The van der Waals surface area contributed by atoms with Crippen LogP contribution < -0.4 is 16.4 Å². The minimum atomic E-state index is -0.802. The van der Waals surface area contributed by atoms with Crippen molar-refractivity contribution in [3.05, 3.63) is 24.3 Å². The number of rotatable bonds is 0. The zero-order chi connectivity index (χ0) is 7.90. The first-order valence-corrected chi connectivity index (χ1v) is 3.79. The quantitative estimate of drug-likeness (QED) is 0.345. The van der Waals surface area contributed by atoms with E-state index in [2.05, 4.69) is 23.3 Å². The highest BCUT2D eigenvalue weighted by Gasteiger charge is 2.26. The van der Waals surface area contributed by atoms with E-state index in [0.29, 0.717) is 0 Å². The highest BCUT2D eigenvalue weighted by Crippen LogP contribution is 2.32. The van der Waals surface area contributed by atoms with Crippen LogP contribution in [0.5, 0.6) is 0 Å². The molecule has 0 fully saturated rings. The van der Waals surface area contributed by atoms with E-state index in [0.717, 1.165) is 11.4 Å². The molecule has 0 radical (unpaired) electrons. The molecule has 4 N–H and O–H groups in total. The number of hydrogen-bond acceptors (Lipinski definition) is 4. The van der Waals surface area contributed by atoms with Gasteiger partial charge in [0.25, 0.3) is 0 Å². The number of nitrogens with two attached hydrogens (primary N) is 1. The largest absolute Gasteiger partial charge is 0.340 e. The lowest BCUT2D eigenvalue weighted by atomic mass is 10.3. The number of thiol groups is 1. The fourth-order valence-electron chi connectivity index (χ4n) is 1.14. The smallest absolute Gasteiger partial charge is 0.209 e. The average Bonchev–Trinajstić information content (AvgIpc) is 2.21. The second kappa shape index (κ2) is 2.06. The van der Waals surface area contributed by atoms with Crippen LogP contribution in [0.1, 0.15) is 0 Å². The van der Waals surface area contributed by atoms with E-state index in [-0.39, 0.29) is 0 Å². The van der Waals surface area contributed by atoms with Crippen LogP contribution in [0.25, 0.3) is 0 Å². The van der Waals surface area contributed by atoms with Crippen molar-refractivity contribution in [3.63, 3.8) is 0 Å². The minimum Gasteiger partial charge on any atom is -0.340 e. The zero-order valence-corrected chi connectivity index (χ0v) is 6.73. The number of hydrogen-bond donors (Lipinski definition) is 4. The fraction of sp³-hybridized carbons (Fsp3) is 0.143. The topological polar surface area (TPSA) is 50.1 Å². The van der Waals surface area contributed by atoms with Crippen LogP contribution in [0.2, 0.25) is 0 Å². The molecule has 0 aromatic heterocycles. The summed E-state index contributed by atoms with van der Waals surface area (Å²) in [5.74, 6) is 0. The van der Waals surface area contributed by atoms with Crippen LogP contribution in [0.4, 0.5) is 11.4 Å². The molecule has 0 unspecified atom stereocenters. The fourth-order valence-corrected chi connectivity index (χ4v) is 1.38. The van der Waals surface area contributed by atoms with Crippen molar-refractivity contribution in [3.8, 4) is 0 Å². The van der Waals surface area contributed by atoms with E-state index in [4.69, 9.17) is 5.73 Å². The summed E-state index contributed by atoms with van der Waals surface area (Å²) in [7, 11) is 0. The lowest BCUT2D eigenvalue weighted by Gasteiger charge is -2.17. The number of fused-ring (bicyclic) bond motifs is 1. The van der Waals surface area contributed by atoms with E-state index < -0.39 is 5.12 Å². The summed E-state index contributed by atoms with van der Waals surface area (Å²) in [5.41, 5.74) is 7.65. The van der Waals surface area contributed by atoms with E-state index in [1.165, 1.54) is 0 Å². The third-order valence-corrected chi connectivity index (χ3v) is 1.80. The van der Waals surface area contributed by atoms with Crippen molar-refractivity contribution in [2.75, 3.05) is 10.6 Å².